The number of rotatable bonds is 4. The predicted octanol–water partition coefficient (Wildman–Crippen LogP) is 3.90. The summed E-state index contributed by atoms with van der Waals surface area (Å²) in [7, 11) is 0. The van der Waals surface area contributed by atoms with Crippen molar-refractivity contribution in [2.75, 3.05) is 6.54 Å². The van der Waals surface area contributed by atoms with Crippen molar-refractivity contribution in [2.24, 2.45) is 5.92 Å². The van der Waals surface area contributed by atoms with Gasteiger partial charge in [-0.25, -0.2) is 4.98 Å². The van der Waals surface area contributed by atoms with Crippen LogP contribution in [0.2, 0.25) is 10.2 Å². The number of amides is 1. The molecular weight excluding hydrogens is 271 g/mol. The Morgan fingerprint density at radius 1 is 1.33 bits per heavy atom. The van der Waals surface area contributed by atoms with Crippen LogP contribution in [0.4, 0.5) is 0 Å². The first-order valence-corrected chi connectivity index (χ1v) is 6.70. The van der Waals surface area contributed by atoms with Crippen molar-refractivity contribution in [1.82, 2.24) is 9.88 Å². The lowest BCUT2D eigenvalue weighted by Gasteiger charge is -2.28. The summed E-state index contributed by atoms with van der Waals surface area (Å²) in [5.41, 5.74) is 0.408. The minimum Gasteiger partial charge on any atom is -0.336 e. The van der Waals surface area contributed by atoms with Gasteiger partial charge in [-0.15, -0.1) is 0 Å². The predicted molar refractivity (Wildman–Crippen MR) is 75.3 cm³/mol. The fourth-order valence-corrected chi connectivity index (χ4v) is 2.00. The molecule has 0 fully saturated rings. The Hall–Kier alpha value is -0.800. The SMILES string of the molecule is CC(C)CN(C(=O)c1cc(Cl)ncc1Cl)C(C)C. The zero-order valence-electron chi connectivity index (χ0n) is 11.1. The van der Waals surface area contributed by atoms with Gasteiger partial charge in [0.1, 0.15) is 5.15 Å². The summed E-state index contributed by atoms with van der Waals surface area (Å²) in [5, 5.41) is 0.606. The van der Waals surface area contributed by atoms with Gasteiger partial charge in [0.25, 0.3) is 5.91 Å². The van der Waals surface area contributed by atoms with Gasteiger partial charge in [-0.05, 0) is 25.8 Å². The highest BCUT2D eigenvalue weighted by atomic mass is 35.5. The average molecular weight is 289 g/mol. The number of halogens is 2. The van der Waals surface area contributed by atoms with E-state index < -0.39 is 0 Å². The summed E-state index contributed by atoms with van der Waals surface area (Å²) in [5.74, 6) is 0.292. The molecule has 0 aliphatic heterocycles. The second kappa shape index (κ2) is 6.39. The van der Waals surface area contributed by atoms with Crippen molar-refractivity contribution >= 4 is 29.1 Å². The molecule has 1 heterocycles. The van der Waals surface area contributed by atoms with Gasteiger partial charge in [0.2, 0.25) is 0 Å². The molecule has 0 unspecified atom stereocenters. The van der Waals surface area contributed by atoms with Crippen molar-refractivity contribution in [2.45, 2.75) is 33.7 Å². The summed E-state index contributed by atoms with van der Waals surface area (Å²) in [6.07, 6.45) is 1.41. The molecule has 0 spiro atoms. The topological polar surface area (TPSA) is 33.2 Å². The van der Waals surface area contributed by atoms with E-state index in [0.29, 0.717) is 23.0 Å². The molecule has 0 aromatic carbocycles. The summed E-state index contributed by atoms with van der Waals surface area (Å²) in [6, 6.07) is 1.63. The van der Waals surface area contributed by atoms with Crippen LogP contribution in [-0.4, -0.2) is 28.4 Å². The Morgan fingerprint density at radius 3 is 2.44 bits per heavy atom. The highest BCUT2D eigenvalue weighted by Crippen LogP contribution is 2.21. The molecule has 18 heavy (non-hydrogen) atoms. The minimum absolute atomic E-state index is 0.104. The third kappa shape index (κ3) is 3.85. The van der Waals surface area contributed by atoms with Crippen LogP contribution in [0.15, 0.2) is 12.3 Å². The molecule has 3 nitrogen and oxygen atoms in total. The van der Waals surface area contributed by atoms with Gasteiger partial charge in [-0.2, -0.15) is 0 Å². The molecular formula is C13H18Cl2N2O. The number of nitrogens with zero attached hydrogens (tertiary/aromatic N) is 2. The molecule has 0 radical (unpaired) electrons. The molecule has 0 aliphatic carbocycles. The van der Waals surface area contributed by atoms with Crippen molar-refractivity contribution in [3.8, 4) is 0 Å². The number of carbonyl (C=O) groups excluding carboxylic acids is 1. The quantitative estimate of drug-likeness (QED) is 0.788. The highest BCUT2D eigenvalue weighted by Gasteiger charge is 2.22. The molecule has 1 amide bonds. The molecule has 100 valence electrons. The monoisotopic (exact) mass is 288 g/mol. The van der Waals surface area contributed by atoms with E-state index in [0.717, 1.165) is 0 Å². The Morgan fingerprint density at radius 2 is 1.94 bits per heavy atom. The average Bonchev–Trinajstić information content (AvgIpc) is 2.27. The van der Waals surface area contributed by atoms with Crippen LogP contribution in [0.25, 0.3) is 0 Å². The second-order valence-electron chi connectivity index (χ2n) is 4.93. The molecule has 0 bridgehead atoms. The smallest absolute Gasteiger partial charge is 0.255 e. The Labute approximate surface area is 118 Å². The van der Waals surface area contributed by atoms with Crippen LogP contribution >= 0.6 is 23.2 Å². The standard InChI is InChI=1S/C13H18Cl2N2O/c1-8(2)7-17(9(3)4)13(18)10-5-12(15)16-6-11(10)14/h5-6,8-9H,7H2,1-4H3. The maximum Gasteiger partial charge on any atom is 0.255 e. The number of carbonyl (C=O) groups is 1. The molecule has 0 atom stereocenters. The van der Waals surface area contributed by atoms with Gasteiger partial charge in [-0.1, -0.05) is 37.0 Å². The fourth-order valence-electron chi connectivity index (χ4n) is 1.65. The van der Waals surface area contributed by atoms with Crippen molar-refractivity contribution < 1.29 is 4.79 Å². The second-order valence-corrected chi connectivity index (χ2v) is 5.73. The summed E-state index contributed by atoms with van der Waals surface area (Å²) in [6.45, 7) is 8.80. The van der Waals surface area contributed by atoms with Crippen molar-refractivity contribution in [3.63, 3.8) is 0 Å². The summed E-state index contributed by atoms with van der Waals surface area (Å²) >= 11 is 11.8. The lowest BCUT2D eigenvalue weighted by Crippen LogP contribution is -2.39. The maximum absolute atomic E-state index is 12.4. The molecule has 5 heteroatoms. The third-order valence-electron chi connectivity index (χ3n) is 2.50. The van der Waals surface area contributed by atoms with Gasteiger partial charge < -0.3 is 4.90 Å². The van der Waals surface area contributed by atoms with Crippen LogP contribution in [0.1, 0.15) is 38.1 Å². The number of hydrogen-bond acceptors (Lipinski definition) is 2. The van der Waals surface area contributed by atoms with E-state index in [9.17, 15) is 4.79 Å². The first-order valence-electron chi connectivity index (χ1n) is 5.95. The number of aromatic nitrogens is 1. The Bertz CT molecular complexity index is 433. The maximum atomic E-state index is 12.4. The van der Waals surface area contributed by atoms with Gasteiger partial charge in [0.15, 0.2) is 0 Å². The first kappa shape index (κ1) is 15.3. The summed E-state index contributed by atoms with van der Waals surface area (Å²) in [4.78, 5) is 18.1. The van der Waals surface area contributed by atoms with Crippen LogP contribution < -0.4 is 0 Å². The number of hydrogen-bond donors (Lipinski definition) is 0. The van der Waals surface area contributed by atoms with Gasteiger partial charge >= 0.3 is 0 Å². The third-order valence-corrected chi connectivity index (χ3v) is 3.01. The largest absolute Gasteiger partial charge is 0.336 e. The lowest BCUT2D eigenvalue weighted by molar-refractivity contribution is 0.0682. The van der Waals surface area contributed by atoms with E-state index in [-0.39, 0.29) is 17.1 Å². The highest BCUT2D eigenvalue weighted by molar-refractivity contribution is 6.35. The Kier molecular flexibility index (Phi) is 5.42. The van der Waals surface area contributed by atoms with E-state index in [1.54, 1.807) is 4.90 Å². The van der Waals surface area contributed by atoms with Crippen LogP contribution in [-0.2, 0) is 0 Å². The van der Waals surface area contributed by atoms with Gasteiger partial charge in [-0.3, -0.25) is 4.79 Å². The van der Waals surface area contributed by atoms with Gasteiger partial charge in [0.05, 0.1) is 10.6 Å². The molecule has 0 saturated heterocycles. The zero-order chi connectivity index (χ0) is 13.9. The molecule has 1 rings (SSSR count). The van der Waals surface area contributed by atoms with E-state index >= 15 is 0 Å². The molecule has 0 saturated carbocycles. The van der Waals surface area contributed by atoms with E-state index in [2.05, 4.69) is 18.8 Å². The van der Waals surface area contributed by atoms with E-state index in [4.69, 9.17) is 23.2 Å². The van der Waals surface area contributed by atoms with E-state index in [1.165, 1.54) is 12.3 Å². The van der Waals surface area contributed by atoms with Crippen LogP contribution in [0, 0.1) is 5.92 Å². The lowest BCUT2D eigenvalue weighted by atomic mass is 10.1. The van der Waals surface area contributed by atoms with Crippen LogP contribution in [0.3, 0.4) is 0 Å². The van der Waals surface area contributed by atoms with Crippen molar-refractivity contribution in [1.29, 1.82) is 0 Å². The zero-order valence-corrected chi connectivity index (χ0v) is 12.6. The molecule has 1 aromatic rings. The van der Waals surface area contributed by atoms with E-state index in [1.807, 2.05) is 13.8 Å². The Balaban J connectivity index is 3.05. The molecule has 0 aliphatic rings. The van der Waals surface area contributed by atoms with Crippen molar-refractivity contribution in [3.05, 3.63) is 28.0 Å². The molecule has 0 N–H and O–H groups in total. The van der Waals surface area contributed by atoms with Gasteiger partial charge in [0, 0.05) is 18.8 Å². The first-order chi connectivity index (χ1) is 8.32. The molecule has 1 aromatic heterocycles. The fraction of sp³-hybridized carbons (Fsp3) is 0.538. The minimum atomic E-state index is -0.104. The number of pyridine rings is 1. The van der Waals surface area contributed by atoms with Crippen LogP contribution in [0.5, 0.6) is 0 Å². The summed E-state index contributed by atoms with van der Waals surface area (Å²) < 4.78 is 0. The normalized spacial score (nSPS) is 11.1.